The van der Waals surface area contributed by atoms with Gasteiger partial charge in [0.2, 0.25) is 17.7 Å². The lowest BCUT2D eigenvalue weighted by atomic mass is 10.1. The van der Waals surface area contributed by atoms with Crippen LogP contribution in [0.3, 0.4) is 0 Å². The Balaban J connectivity index is 4.54. The van der Waals surface area contributed by atoms with Crippen LogP contribution in [0.5, 0.6) is 0 Å². The molecule has 0 saturated carbocycles. The van der Waals surface area contributed by atoms with Gasteiger partial charge in [0.25, 0.3) is 0 Å². The van der Waals surface area contributed by atoms with Gasteiger partial charge >= 0.3 is 5.97 Å². The standard InChI is InChI=1S/C14H27N7O5/c1-7(19-10(22)6-15)11(23)20-8(2)12(24)21-9(13(25)26)4-3-5-18-14(16)17/h7-9H,3-6,15H2,1-2H3,(H,19,22)(H,20,23)(H,21,24)(H,25,26)(H4,16,17,18). The molecule has 0 radical (unpaired) electrons. The van der Waals surface area contributed by atoms with Crippen LogP contribution in [0.25, 0.3) is 0 Å². The second-order valence-electron chi connectivity index (χ2n) is 5.57. The molecule has 0 spiro atoms. The van der Waals surface area contributed by atoms with Gasteiger partial charge in [-0.3, -0.25) is 19.4 Å². The summed E-state index contributed by atoms with van der Waals surface area (Å²) in [4.78, 5) is 50.1. The summed E-state index contributed by atoms with van der Waals surface area (Å²) < 4.78 is 0. The summed E-state index contributed by atoms with van der Waals surface area (Å²) in [5, 5.41) is 16.2. The molecule has 12 heteroatoms. The van der Waals surface area contributed by atoms with Crippen LogP contribution < -0.4 is 33.2 Å². The van der Waals surface area contributed by atoms with Crippen molar-refractivity contribution in [2.45, 2.75) is 44.8 Å². The van der Waals surface area contributed by atoms with E-state index in [2.05, 4.69) is 20.9 Å². The Labute approximate surface area is 150 Å². The highest BCUT2D eigenvalue weighted by atomic mass is 16.4. The second-order valence-corrected chi connectivity index (χ2v) is 5.57. The summed E-state index contributed by atoms with van der Waals surface area (Å²) in [6, 6.07) is -3.04. The van der Waals surface area contributed by atoms with E-state index in [4.69, 9.17) is 22.3 Å². The number of rotatable bonds is 11. The number of nitrogens with zero attached hydrogens (tertiary/aromatic N) is 1. The van der Waals surface area contributed by atoms with Crippen LogP contribution in [-0.4, -0.2) is 66.0 Å². The monoisotopic (exact) mass is 373 g/mol. The molecule has 0 bridgehead atoms. The molecule has 0 heterocycles. The second kappa shape index (κ2) is 11.6. The van der Waals surface area contributed by atoms with Crippen molar-refractivity contribution < 1.29 is 24.3 Å². The van der Waals surface area contributed by atoms with Gasteiger partial charge in [-0.05, 0) is 26.7 Å². The van der Waals surface area contributed by atoms with Gasteiger partial charge < -0.3 is 38.3 Å². The van der Waals surface area contributed by atoms with E-state index in [0.29, 0.717) is 6.42 Å². The Hall–Kier alpha value is -2.89. The first-order chi connectivity index (χ1) is 12.1. The van der Waals surface area contributed by atoms with Gasteiger partial charge in [0.05, 0.1) is 6.54 Å². The van der Waals surface area contributed by atoms with Crippen molar-refractivity contribution in [1.82, 2.24) is 16.0 Å². The Morgan fingerprint density at radius 3 is 2.04 bits per heavy atom. The number of carbonyl (C=O) groups is 4. The first-order valence-corrected chi connectivity index (χ1v) is 7.96. The van der Waals surface area contributed by atoms with Crippen molar-refractivity contribution in [2.24, 2.45) is 22.2 Å². The number of hydrogen-bond acceptors (Lipinski definition) is 6. The zero-order chi connectivity index (χ0) is 20.3. The number of aliphatic imine (C=N–C) groups is 1. The smallest absolute Gasteiger partial charge is 0.326 e. The third-order valence-corrected chi connectivity index (χ3v) is 3.27. The summed E-state index contributed by atoms with van der Waals surface area (Å²) >= 11 is 0. The first-order valence-electron chi connectivity index (χ1n) is 7.96. The molecule has 3 amide bonds. The maximum Gasteiger partial charge on any atom is 0.326 e. The lowest BCUT2D eigenvalue weighted by Crippen LogP contribution is -2.54. The van der Waals surface area contributed by atoms with E-state index in [1.165, 1.54) is 13.8 Å². The number of amides is 3. The molecular formula is C14H27N7O5. The highest BCUT2D eigenvalue weighted by Crippen LogP contribution is 2.00. The van der Waals surface area contributed by atoms with Crippen molar-refractivity contribution in [3.05, 3.63) is 0 Å². The van der Waals surface area contributed by atoms with Crippen molar-refractivity contribution in [1.29, 1.82) is 0 Å². The molecule has 26 heavy (non-hydrogen) atoms. The maximum absolute atomic E-state index is 12.1. The molecule has 0 aliphatic heterocycles. The number of guanidine groups is 1. The zero-order valence-electron chi connectivity index (χ0n) is 14.8. The zero-order valence-corrected chi connectivity index (χ0v) is 14.8. The molecule has 148 valence electrons. The Morgan fingerprint density at radius 1 is 1.00 bits per heavy atom. The summed E-state index contributed by atoms with van der Waals surface area (Å²) in [5.41, 5.74) is 15.5. The van der Waals surface area contributed by atoms with Crippen LogP contribution in [0, 0.1) is 0 Å². The van der Waals surface area contributed by atoms with Crippen LogP contribution in [0.4, 0.5) is 0 Å². The Morgan fingerprint density at radius 2 is 1.54 bits per heavy atom. The van der Waals surface area contributed by atoms with Crippen LogP contribution in [-0.2, 0) is 19.2 Å². The molecule has 0 saturated heterocycles. The predicted octanol–water partition coefficient (Wildman–Crippen LogP) is -3.42. The SMILES string of the molecule is CC(NC(=O)CN)C(=O)NC(C)C(=O)NC(CCCN=C(N)N)C(=O)O. The predicted molar refractivity (Wildman–Crippen MR) is 93.7 cm³/mol. The van der Waals surface area contributed by atoms with Gasteiger partial charge in [-0.25, -0.2) is 4.79 Å². The third kappa shape index (κ3) is 9.42. The van der Waals surface area contributed by atoms with Crippen LogP contribution in [0.15, 0.2) is 4.99 Å². The lowest BCUT2D eigenvalue weighted by Gasteiger charge is -2.20. The van der Waals surface area contributed by atoms with Crippen molar-refractivity contribution in [2.75, 3.05) is 13.1 Å². The summed E-state index contributed by atoms with van der Waals surface area (Å²) in [5.74, 6) is -3.12. The molecule has 12 nitrogen and oxygen atoms in total. The van der Waals surface area contributed by atoms with E-state index >= 15 is 0 Å². The first kappa shape index (κ1) is 23.1. The minimum atomic E-state index is -1.22. The van der Waals surface area contributed by atoms with Crippen LogP contribution >= 0.6 is 0 Å². The molecule has 0 aromatic heterocycles. The Kier molecular flexibility index (Phi) is 10.3. The van der Waals surface area contributed by atoms with Crippen molar-refractivity contribution in [3.63, 3.8) is 0 Å². The average molecular weight is 373 g/mol. The highest BCUT2D eigenvalue weighted by Gasteiger charge is 2.25. The molecule has 0 fully saturated rings. The van der Waals surface area contributed by atoms with E-state index in [0.717, 1.165) is 0 Å². The molecule has 0 aromatic carbocycles. The van der Waals surface area contributed by atoms with Crippen molar-refractivity contribution in [3.8, 4) is 0 Å². The van der Waals surface area contributed by atoms with Crippen LogP contribution in [0.2, 0.25) is 0 Å². The number of carbonyl (C=O) groups excluding carboxylic acids is 3. The van der Waals surface area contributed by atoms with E-state index in [9.17, 15) is 19.2 Å². The normalized spacial score (nSPS) is 13.7. The van der Waals surface area contributed by atoms with E-state index < -0.39 is 41.8 Å². The Bertz CT molecular complexity index is 548. The molecule has 0 aliphatic rings. The number of carboxylic acids is 1. The molecule has 0 aliphatic carbocycles. The minimum Gasteiger partial charge on any atom is -0.480 e. The van der Waals surface area contributed by atoms with E-state index in [1.54, 1.807) is 0 Å². The fraction of sp³-hybridized carbons (Fsp3) is 0.643. The number of nitrogens with one attached hydrogen (secondary N) is 3. The van der Waals surface area contributed by atoms with Gasteiger partial charge in [-0.1, -0.05) is 0 Å². The number of nitrogens with two attached hydrogens (primary N) is 3. The van der Waals surface area contributed by atoms with E-state index in [-0.39, 0.29) is 25.5 Å². The quantitative estimate of drug-likeness (QED) is 0.110. The third-order valence-electron chi connectivity index (χ3n) is 3.27. The van der Waals surface area contributed by atoms with Gasteiger partial charge in [0, 0.05) is 6.54 Å². The summed E-state index contributed by atoms with van der Waals surface area (Å²) in [7, 11) is 0. The highest BCUT2D eigenvalue weighted by molar-refractivity contribution is 5.93. The molecule has 0 rings (SSSR count). The minimum absolute atomic E-state index is 0.104. The topological polar surface area (TPSA) is 215 Å². The number of carboxylic acid groups (broad SMARTS) is 1. The molecule has 3 unspecified atom stereocenters. The van der Waals surface area contributed by atoms with E-state index in [1.807, 2.05) is 0 Å². The number of aliphatic carboxylic acids is 1. The molecule has 0 aromatic rings. The fourth-order valence-electron chi connectivity index (χ4n) is 1.83. The lowest BCUT2D eigenvalue weighted by molar-refractivity contribution is -0.142. The fourth-order valence-corrected chi connectivity index (χ4v) is 1.83. The molecular weight excluding hydrogens is 346 g/mol. The summed E-state index contributed by atoms with van der Waals surface area (Å²) in [6.07, 6.45) is 0.458. The molecule has 10 N–H and O–H groups in total. The van der Waals surface area contributed by atoms with Gasteiger partial charge in [0.15, 0.2) is 5.96 Å². The largest absolute Gasteiger partial charge is 0.480 e. The number of hydrogen-bond donors (Lipinski definition) is 7. The van der Waals surface area contributed by atoms with Gasteiger partial charge in [-0.15, -0.1) is 0 Å². The average Bonchev–Trinajstić information content (AvgIpc) is 2.56. The summed E-state index contributed by atoms with van der Waals surface area (Å²) in [6.45, 7) is 2.78. The van der Waals surface area contributed by atoms with Gasteiger partial charge in [0.1, 0.15) is 18.1 Å². The molecule has 3 atom stereocenters. The van der Waals surface area contributed by atoms with Crippen molar-refractivity contribution >= 4 is 29.7 Å². The maximum atomic E-state index is 12.1. The van der Waals surface area contributed by atoms with Crippen LogP contribution in [0.1, 0.15) is 26.7 Å². The van der Waals surface area contributed by atoms with Gasteiger partial charge in [-0.2, -0.15) is 0 Å².